The zero-order valence-corrected chi connectivity index (χ0v) is 12.2. The van der Waals surface area contributed by atoms with E-state index in [0.717, 1.165) is 11.4 Å². The monoisotopic (exact) mass is 252 g/mol. The van der Waals surface area contributed by atoms with Crippen molar-refractivity contribution in [2.24, 2.45) is 18.7 Å². The fourth-order valence-corrected chi connectivity index (χ4v) is 1.86. The number of aryl methyl sites for hydroxylation is 2. The third-order valence-corrected chi connectivity index (χ3v) is 3.83. The van der Waals surface area contributed by atoms with Crippen LogP contribution < -0.4 is 11.1 Å². The van der Waals surface area contributed by atoms with Gasteiger partial charge in [0.25, 0.3) is 5.91 Å². The number of rotatable bonds is 4. The molecule has 1 heterocycles. The Kier molecular flexibility index (Phi) is 4.16. The Morgan fingerprint density at radius 1 is 1.50 bits per heavy atom. The van der Waals surface area contributed by atoms with Gasteiger partial charge in [-0.3, -0.25) is 9.48 Å². The summed E-state index contributed by atoms with van der Waals surface area (Å²) in [6, 6.07) is 0. The van der Waals surface area contributed by atoms with Crippen LogP contribution in [0.4, 0.5) is 0 Å². The maximum atomic E-state index is 12.4. The summed E-state index contributed by atoms with van der Waals surface area (Å²) in [5, 5.41) is 7.29. The van der Waals surface area contributed by atoms with Crippen molar-refractivity contribution in [2.75, 3.05) is 6.54 Å². The van der Waals surface area contributed by atoms with E-state index in [9.17, 15) is 4.79 Å². The number of hydrogen-bond acceptors (Lipinski definition) is 3. The Bertz CT molecular complexity index is 450. The molecule has 0 fully saturated rings. The van der Waals surface area contributed by atoms with Crippen molar-refractivity contribution in [2.45, 2.75) is 40.2 Å². The van der Waals surface area contributed by atoms with E-state index in [2.05, 4.69) is 24.3 Å². The molecule has 0 aliphatic carbocycles. The van der Waals surface area contributed by atoms with Crippen LogP contribution in [0.25, 0.3) is 0 Å². The van der Waals surface area contributed by atoms with Crippen molar-refractivity contribution >= 4 is 5.91 Å². The smallest absolute Gasteiger partial charge is 0.255 e. The fourth-order valence-electron chi connectivity index (χ4n) is 1.86. The highest BCUT2D eigenvalue weighted by molar-refractivity contribution is 5.96. The molecule has 102 valence electrons. The average Bonchev–Trinajstić information content (AvgIpc) is 2.52. The molecule has 5 heteroatoms. The lowest BCUT2D eigenvalue weighted by Crippen LogP contribution is -2.55. The molecule has 1 unspecified atom stereocenters. The van der Waals surface area contributed by atoms with Gasteiger partial charge in [0.1, 0.15) is 0 Å². The number of aromatic nitrogens is 2. The van der Waals surface area contributed by atoms with E-state index in [1.807, 2.05) is 27.8 Å². The van der Waals surface area contributed by atoms with E-state index in [4.69, 9.17) is 5.73 Å². The standard InChI is InChI=1S/C13H24N4O/c1-8(2)13(5,7-14)15-12(18)11-9(3)16-17(6)10(11)4/h8H,7,14H2,1-6H3,(H,15,18). The summed E-state index contributed by atoms with van der Waals surface area (Å²) < 4.78 is 1.72. The van der Waals surface area contributed by atoms with Crippen molar-refractivity contribution in [1.29, 1.82) is 0 Å². The molecule has 0 spiro atoms. The minimum Gasteiger partial charge on any atom is -0.345 e. The summed E-state index contributed by atoms with van der Waals surface area (Å²) in [6.45, 7) is 10.2. The number of nitrogens with one attached hydrogen (secondary N) is 1. The predicted octanol–water partition coefficient (Wildman–Crippen LogP) is 1.14. The molecule has 0 radical (unpaired) electrons. The molecule has 0 saturated heterocycles. The Balaban J connectivity index is 3.02. The number of carbonyl (C=O) groups excluding carboxylic acids is 1. The molecule has 1 aromatic rings. The maximum Gasteiger partial charge on any atom is 0.255 e. The minimum absolute atomic E-state index is 0.0975. The summed E-state index contributed by atoms with van der Waals surface area (Å²) in [4.78, 5) is 12.4. The molecule has 1 aromatic heterocycles. The summed E-state index contributed by atoms with van der Waals surface area (Å²) in [5.41, 5.74) is 7.65. The second kappa shape index (κ2) is 5.10. The minimum atomic E-state index is -0.397. The van der Waals surface area contributed by atoms with Gasteiger partial charge < -0.3 is 11.1 Å². The van der Waals surface area contributed by atoms with E-state index in [1.165, 1.54) is 0 Å². The summed E-state index contributed by atoms with van der Waals surface area (Å²) in [6.07, 6.45) is 0. The van der Waals surface area contributed by atoms with Gasteiger partial charge >= 0.3 is 0 Å². The van der Waals surface area contributed by atoms with Gasteiger partial charge in [0, 0.05) is 19.3 Å². The molecule has 1 rings (SSSR count). The van der Waals surface area contributed by atoms with E-state index >= 15 is 0 Å². The molecule has 0 bridgehead atoms. The van der Waals surface area contributed by atoms with Crippen molar-refractivity contribution in [1.82, 2.24) is 15.1 Å². The molecule has 5 nitrogen and oxygen atoms in total. The van der Waals surface area contributed by atoms with Gasteiger partial charge in [-0.15, -0.1) is 0 Å². The molecule has 0 aromatic carbocycles. The molecular weight excluding hydrogens is 228 g/mol. The largest absolute Gasteiger partial charge is 0.345 e. The SMILES string of the molecule is Cc1nn(C)c(C)c1C(=O)NC(C)(CN)C(C)C. The quantitative estimate of drug-likeness (QED) is 0.844. The normalized spacial score (nSPS) is 14.7. The number of carbonyl (C=O) groups is 1. The molecule has 0 aliphatic rings. The number of nitrogens with two attached hydrogens (primary N) is 1. The number of hydrogen-bond donors (Lipinski definition) is 2. The van der Waals surface area contributed by atoms with Crippen LogP contribution in [0.5, 0.6) is 0 Å². The van der Waals surface area contributed by atoms with Gasteiger partial charge in [-0.2, -0.15) is 5.10 Å². The Morgan fingerprint density at radius 2 is 2.06 bits per heavy atom. The van der Waals surface area contributed by atoms with Crippen LogP contribution in [-0.4, -0.2) is 27.8 Å². The first kappa shape index (κ1) is 14.7. The first-order valence-corrected chi connectivity index (χ1v) is 6.25. The molecule has 0 aliphatic heterocycles. The van der Waals surface area contributed by atoms with Crippen LogP contribution >= 0.6 is 0 Å². The summed E-state index contributed by atoms with van der Waals surface area (Å²) in [5.74, 6) is 0.170. The van der Waals surface area contributed by atoms with Crippen LogP contribution in [-0.2, 0) is 7.05 Å². The highest BCUT2D eigenvalue weighted by atomic mass is 16.1. The van der Waals surface area contributed by atoms with Crippen molar-refractivity contribution in [3.05, 3.63) is 17.0 Å². The van der Waals surface area contributed by atoms with Gasteiger partial charge in [0.2, 0.25) is 0 Å². The molecule has 18 heavy (non-hydrogen) atoms. The van der Waals surface area contributed by atoms with Crippen LogP contribution in [0.15, 0.2) is 0 Å². The third-order valence-electron chi connectivity index (χ3n) is 3.83. The first-order chi connectivity index (χ1) is 8.23. The van der Waals surface area contributed by atoms with Crippen molar-refractivity contribution < 1.29 is 4.79 Å². The molecular formula is C13H24N4O. The van der Waals surface area contributed by atoms with Crippen LogP contribution in [0.1, 0.15) is 42.5 Å². The Hall–Kier alpha value is -1.36. The van der Waals surface area contributed by atoms with Gasteiger partial charge in [0.05, 0.1) is 16.8 Å². The predicted molar refractivity (Wildman–Crippen MR) is 72.4 cm³/mol. The highest BCUT2D eigenvalue weighted by Crippen LogP contribution is 2.18. The van der Waals surface area contributed by atoms with Crippen LogP contribution in [0.3, 0.4) is 0 Å². The zero-order valence-electron chi connectivity index (χ0n) is 12.2. The Labute approximate surface area is 109 Å². The topological polar surface area (TPSA) is 72.9 Å². The molecule has 1 amide bonds. The summed E-state index contributed by atoms with van der Waals surface area (Å²) >= 11 is 0. The lowest BCUT2D eigenvalue weighted by Gasteiger charge is -2.33. The number of nitrogens with zero attached hydrogens (tertiary/aromatic N) is 2. The van der Waals surface area contributed by atoms with Crippen molar-refractivity contribution in [3.63, 3.8) is 0 Å². The second-order valence-electron chi connectivity index (χ2n) is 5.40. The zero-order chi connectivity index (χ0) is 14.1. The second-order valence-corrected chi connectivity index (χ2v) is 5.40. The molecule has 1 atom stereocenters. The summed E-state index contributed by atoms with van der Waals surface area (Å²) in [7, 11) is 1.84. The fraction of sp³-hybridized carbons (Fsp3) is 0.692. The molecule has 3 N–H and O–H groups in total. The van der Waals surface area contributed by atoms with Gasteiger partial charge in [-0.1, -0.05) is 13.8 Å². The maximum absolute atomic E-state index is 12.4. The number of amides is 1. The van der Waals surface area contributed by atoms with E-state index in [0.29, 0.717) is 12.1 Å². The first-order valence-electron chi connectivity index (χ1n) is 6.25. The average molecular weight is 252 g/mol. The van der Waals surface area contributed by atoms with E-state index in [-0.39, 0.29) is 11.8 Å². The van der Waals surface area contributed by atoms with Crippen LogP contribution in [0.2, 0.25) is 0 Å². The van der Waals surface area contributed by atoms with Crippen LogP contribution in [0, 0.1) is 19.8 Å². The highest BCUT2D eigenvalue weighted by Gasteiger charge is 2.30. The third kappa shape index (κ3) is 2.56. The van der Waals surface area contributed by atoms with Gasteiger partial charge in [-0.05, 0) is 26.7 Å². The van der Waals surface area contributed by atoms with Crippen molar-refractivity contribution in [3.8, 4) is 0 Å². The Morgan fingerprint density at radius 3 is 2.39 bits per heavy atom. The van der Waals surface area contributed by atoms with Gasteiger partial charge in [0.15, 0.2) is 0 Å². The van der Waals surface area contributed by atoms with E-state index < -0.39 is 5.54 Å². The van der Waals surface area contributed by atoms with Gasteiger partial charge in [-0.25, -0.2) is 0 Å². The molecule has 0 saturated carbocycles. The lowest BCUT2D eigenvalue weighted by molar-refractivity contribution is 0.0882. The lowest BCUT2D eigenvalue weighted by atomic mass is 9.88. The van der Waals surface area contributed by atoms with E-state index in [1.54, 1.807) is 4.68 Å².